The van der Waals surface area contributed by atoms with E-state index < -0.39 is 0 Å². The summed E-state index contributed by atoms with van der Waals surface area (Å²) >= 11 is 0. The molecule has 2 aromatic heterocycles. The van der Waals surface area contributed by atoms with E-state index in [1.165, 1.54) is 60.1 Å². The molecule has 0 bridgehead atoms. The Labute approximate surface area is 348 Å². The molecule has 1 aliphatic rings. The van der Waals surface area contributed by atoms with E-state index in [4.69, 9.17) is 9.97 Å². The van der Waals surface area contributed by atoms with Crippen LogP contribution in [0.15, 0.2) is 200 Å². The van der Waals surface area contributed by atoms with Crippen LogP contribution in [0.5, 0.6) is 0 Å². The van der Waals surface area contributed by atoms with Crippen molar-refractivity contribution in [1.82, 2.24) is 14.5 Å². The summed E-state index contributed by atoms with van der Waals surface area (Å²) in [5.41, 5.74) is 15.6. The summed E-state index contributed by atoms with van der Waals surface area (Å²) in [7, 11) is 0. The van der Waals surface area contributed by atoms with Crippen molar-refractivity contribution in [2.45, 2.75) is 19.3 Å². The lowest BCUT2D eigenvalue weighted by atomic mass is 9.82. The Kier molecular flexibility index (Phi) is 7.58. The Morgan fingerprint density at radius 2 is 0.967 bits per heavy atom. The first kappa shape index (κ1) is 34.4. The molecule has 3 nitrogen and oxygen atoms in total. The Morgan fingerprint density at radius 1 is 0.383 bits per heavy atom. The minimum absolute atomic E-state index is 0.131. The van der Waals surface area contributed by atoms with Gasteiger partial charge in [-0.25, -0.2) is 9.97 Å². The molecule has 0 atom stereocenters. The lowest BCUT2D eigenvalue weighted by Gasteiger charge is -2.21. The molecule has 1 aliphatic carbocycles. The average molecular weight is 766 g/mol. The van der Waals surface area contributed by atoms with Gasteiger partial charge in [0.1, 0.15) is 0 Å². The van der Waals surface area contributed by atoms with Crippen molar-refractivity contribution in [2.75, 3.05) is 0 Å². The fourth-order valence-electron chi connectivity index (χ4n) is 9.96. The summed E-state index contributed by atoms with van der Waals surface area (Å²) in [6.45, 7) is 4.67. The SMILES string of the molecule is CC1(C)c2ccccc2-c2c(-c3cc(-c4ccccc4)nc(-c4cc(-c5cc6ccccc6c6ccccc56)cc(-n5c6ccccc6c6ccccc65)c4)n3)cccc21. The number of fused-ring (bicyclic) bond motifs is 9. The number of benzene rings is 9. The molecule has 0 amide bonds. The molecule has 0 spiro atoms. The topological polar surface area (TPSA) is 30.7 Å². The largest absolute Gasteiger partial charge is 0.309 e. The molecule has 0 saturated carbocycles. The van der Waals surface area contributed by atoms with Crippen LogP contribution in [0, 0.1) is 0 Å². The fraction of sp³-hybridized carbons (Fsp3) is 0.0526. The first-order valence-corrected chi connectivity index (χ1v) is 20.7. The minimum atomic E-state index is -0.131. The van der Waals surface area contributed by atoms with Crippen LogP contribution in [0.25, 0.3) is 105 Å². The average Bonchev–Trinajstić information content (AvgIpc) is 3.77. The molecule has 0 N–H and O–H groups in total. The minimum Gasteiger partial charge on any atom is -0.309 e. The summed E-state index contributed by atoms with van der Waals surface area (Å²) in [5, 5.41) is 7.35. The van der Waals surface area contributed by atoms with E-state index in [1.54, 1.807) is 0 Å². The molecule has 11 aromatic rings. The van der Waals surface area contributed by atoms with Gasteiger partial charge in [-0.3, -0.25) is 0 Å². The van der Waals surface area contributed by atoms with Gasteiger partial charge in [-0.15, -0.1) is 0 Å². The quantitative estimate of drug-likeness (QED) is 0.163. The summed E-state index contributed by atoms with van der Waals surface area (Å²) in [4.78, 5) is 11.0. The van der Waals surface area contributed by atoms with Crippen molar-refractivity contribution in [3.05, 3.63) is 211 Å². The molecule has 3 heteroatoms. The summed E-state index contributed by atoms with van der Waals surface area (Å²) in [6.07, 6.45) is 0. The van der Waals surface area contributed by atoms with Crippen molar-refractivity contribution in [1.29, 1.82) is 0 Å². The van der Waals surface area contributed by atoms with Gasteiger partial charge in [-0.1, -0.05) is 172 Å². The summed E-state index contributed by atoms with van der Waals surface area (Å²) in [5.74, 6) is 0.684. The van der Waals surface area contributed by atoms with Crippen molar-refractivity contribution >= 4 is 43.4 Å². The van der Waals surface area contributed by atoms with E-state index in [-0.39, 0.29) is 5.41 Å². The van der Waals surface area contributed by atoms with Crippen LogP contribution in [0.1, 0.15) is 25.0 Å². The van der Waals surface area contributed by atoms with Crippen molar-refractivity contribution < 1.29 is 0 Å². The van der Waals surface area contributed by atoms with Crippen LogP contribution < -0.4 is 0 Å². The van der Waals surface area contributed by atoms with Crippen LogP contribution >= 0.6 is 0 Å². The third-order valence-corrected chi connectivity index (χ3v) is 12.8. The van der Waals surface area contributed by atoms with Gasteiger partial charge in [0, 0.05) is 38.6 Å². The number of nitrogens with zero attached hydrogens (tertiary/aromatic N) is 3. The van der Waals surface area contributed by atoms with Crippen molar-refractivity contribution in [2.24, 2.45) is 0 Å². The fourth-order valence-corrected chi connectivity index (χ4v) is 9.96. The predicted octanol–water partition coefficient (Wildman–Crippen LogP) is 14.9. The molecule has 2 heterocycles. The van der Waals surface area contributed by atoms with Gasteiger partial charge in [0.2, 0.25) is 0 Å². The van der Waals surface area contributed by atoms with Crippen LogP contribution in [-0.4, -0.2) is 14.5 Å². The van der Waals surface area contributed by atoms with Crippen molar-refractivity contribution in [3.63, 3.8) is 0 Å². The second-order valence-corrected chi connectivity index (χ2v) is 16.6. The third kappa shape index (κ3) is 5.22. The molecule has 0 fully saturated rings. The molecule has 9 aromatic carbocycles. The third-order valence-electron chi connectivity index (χ3n) is 12.8. The normalized spacial score (nSPS) is 13.0. The molecule has 12 rings (SSSR count). The van der Waals surface area contributed by atoms with Gasteiger partial charge >= 0.3 is 0 Å². The van der Waals surface area contributed by atoms with Gasteiger partial charge in [-0.2, -0.15) is 0 Å². The van der Waals surface area contributed by atoms with E-state index in [0.717, 1.165) is 50.4 Å². The van der Waals surface area contributed by atoms with Gasteiger partial charge < -0.3 is 4.57 Å². The maximum Gasteiger partial charge on any atom is 0.160 e. The predicted molar refractivity (Wildman–Crippen MR) is 251 cm³/mol. The molecular weight excluding hydrogens is 727 g/mol. The van der Waals surface area contributed by atoms with Gasteiger partial charge in [-0.05, 0) is 97.4 Å². The van der Waals surface area contributed by atoms with Crippen molar-refractivity contribution in [3.8, 4) is 61.8 Å². The summed E-state index contributed by atoms with van der Waals surface area (Å²) in [6, 6.07) is 72.5. The summed E-state index contributed by atoms with van der Waals surface area (Å²) < 4.78 is 2.41. The number of hydrogen-bond donors (Lipinski definition) is 0. The highest BCUT2D eigenvalue weighted by atomic mass is 15.0. The zero-order valence-corrected chi connectivity index (χ0v) is 33.4. The number of hydrogen-bond acceptors (Lipinski definition) is 2. The maximum atomic E-state index is 5.57. The second kappa shape index (κ2) is 13.2. The molecule has 0 radical (unpaired) electrons. The Hall–Kier alpha value is -7.62. The zero-order chi connectivity index (χ0) is 40.0. The van der Waals surface area contributed by atoms with Gasteiger partial charge in [0.25, 0.3) is 0 Å². The molecule has 0 aliphatic heterocycles. The van der Waals surface area contributed by atoms with E-state index in [2.05, 4.69) is 219 Å². The Bertz CT molecular complexity index is 3470. The maximum absolute atomic E-state index is 5.57. The van der Waals surface area contributed by atoms with Gasteiger partial charge in [0.15, 0.2) is 5.82 Å². The molecular formula is C57H39N3. The molecule has 60 heavy (non-hydrogen) atoms. The highest BCUT2D eigenvalue weighted by molar-refractivity contribution is 6.14. The van der Waals surface area contributed by atoms with Gasteiger partial charge in [0.05, 0.1) is 22.4 Å². The molecule has 282 valence electrons. The highest BCUT2D eigenvalue weighted by Gasteiger charge is 2.37. The first-order chi connectivity index (χ1) is 29.5. The highest BCUT2D eigenvalue weighted by Crippen LogP contribution is 2.52. The Balaban J connectivity index is 1.17. The first-order valence-electron chi connectivity index (χ1n) is 20.7. The molecule has 0 saturated heterocycles. The van der Waals surface area contributed by atoms with E-state index in [9.17, 15) is 0 Å². The number of para-hydroxylation sites is 2. The van der Waals surface area contributed by atoms with E-state index in [1.807, 2.05) is 0 Å². The second-order valence-electron chi connectivity index (χ2n) is 16.6. The Morgan fingerprint density at radius 3 is 1.75 bits per heavy atom. The van der Waals surface area contributed by atoms with E-state index in [0.29, 0.717) is 5.82 Å². The van der Waals surface area contributed by atoms with Crippen LogP contribution in [0.3, 0.4) is 0 Å². The lowest BCUT2D eigenvalue weighted by molar-refractivity contribution is 0.660. The standard InChI is InChI=1S/C57H39N3/c1-57(2)49-27-13-10-25-46(49)55-47(26-16-28-50(55)57)52-35-51(36-17-4-3-5-18-36)58-56(59-52)39-31-38(48-34-37-19-6-7-20-41(37)42-21-8-9-22-43(42)48)32-40(33-39)60-53-29-14-11-23-44(53)45-24-12-15-30-54(45)60/h3-35H,1-2H3. The monoisotopic (exact) mass is 765 g/mol. The number of rotatable bonds is 5. The van der Waals surface area contributed by atoms with Crippen LogP contribution in [0.4, 0.5) is 0 Å². The van der Waals surface area contributed by atoms with E-state index >= 15 is 0 Å². The smallest absolute Gasteiger partial charge is 0.160 e. The number of aromatic nitrogens is 3. The van der Waals surface area contributed by atoms with Crippen LogP contribution in [0.2, 0.25) is 0 Å². The van der Waals surface area contributed by atoms with Crippen LogP contribution in [-0.2, 0) is 5.41 Å². The zero-order valence-electron chi connectivity index (χ0n) is 33.4. The lowest BCUT2D eigenvalue weighted by Crippen LogP contribution is -2.14. The molecule has 0 unspecified atom stereocenters.